The molecule has 2 rings (SSSR count). The second-order valence-electron chi connectivity index (χ2n) is 5.84. The Hall–Kier alpha value is -1.57. The van der Waals surface area contributed by atoms with Crippen LogP contribution in [-0.2, 0) is 19.4 Å². The lowest BCUT2D eigenvalue weighted by molar-refractivity contribution is 0.380. The largest absolute Gasteiger partial charge is 0.370 e. The maximum Gasteiger partial charge on any atom is 0.193 e. The number of aromatic nitrogens is 1. The van der Waals surface area contributed by atoms with Crippen molar-refractivity contribution >= 4 is 35.6 Å². The van der Waals surface area contributed by atoms with E-state index in [1.165, 1.54) is 5.56 Å². The fourth-order valence-electron chi connectivity index (χ4n) is 2.44. The number of rotatable bonds is 6. The number of aliphatic imine (C=N–C) groups is 1. The van der Waals surface area contributed by atoms with E-state index in [4.69, 9.17) is 10.3 Å². The van der Waals surface area contributed by atoms with Gasteiger partial charge in [0.15, 0.2) is 5.96 Å². The van der Waals surface area contributed by atoms with E-state index in [2.05, 4.69) is 48.4 Å². The molecule has 0 radical (unpaired) electrons. The molecule has 6 heteroatoms. The predicted octanol–water partition coefficient (Wildman–Crippen LogP) is 4.47. The molecule has 0 spiro atoms. The summed E-state index contributed by atoms with van der Waals surface area (Å²) in [5, 5.41) is 7.24. The zero-order valence-electron chi connectivity index (χ0n) is 14.8. The summed E-state index contributed by atoms with van der Waals surface area (Å²) in [5.41, 5.74) is 10.2. The Bertz CT molecular complexity index is 658. The summed E-state index contributed by atoms with van der Waals surface area (Å²) in [6.45, 7) is 8.93. The minimum atomic E-state index is 0. The molecule has 24 heavy (non-hydrogen) atoms. The molecule has 0 unspecified atom stereocenters. The fourth-order valence-corrected chi connectivity index (χ4v) is 2.44. The average molecular weight is 442 g/mol. The van der Waals surface area contributed by atoms with Gasteiger partial charge in [-0.15, -0.1) is 24.0 Å². The van der Waals surface area contributed by atoms with E-state index in [0.717, 1.165) is 35.5 Å². The van der Waals surface area contributed by atoms with Crippen LogP contribution in [0.4, 0.5) is 5.69 Å². The number of aryl methyl sites for hydroxylation is 2. The van der Waals surface area contributed by atoms with Crippen molar-refractivity contribution in [3.05, 3.63) is 46.8 Å². The Balaban J connectivity index is 0.00000288. The first-order chi connectivity index (χ1) is 11.0. The third-order valence-electron chi connectivity index (χ3n) is 3.84. The normalized spacial score (nSPS) is 11.5. The molecular weight excluding hydrogens is 415 g/mol. The summed E-state index contributed by atoms with van der Waals surface area (Å²) < 4.78 is 5.35. The van der Waals surface area contributed by atoms with Crippen molar-refractivity contribution in [2.45, 2.75) is 53.0 Å². The summed E-state index contributed by atoms with van der Waals surface area (Å²) in [6, 6.07) is 8.22. The number of halogens is 1. The first-order valence-electron chi connectivity index (χ1n) is 8.18. The van der Waals surface area contributed by atoms with E-state index in [1.54, 1.807) is 0 Å². The molecular formula is C18H27IN4O. The third-order valence-corrected chi connectivity index (χ3v) is 3.84. The van der Waals surface area contributed by atoms with Crippen LogP contribution in [0, 0.1) is 0 Å². The molecule has 3 N–H and O–H groups in total. The molecule has 5 nitrogen and oxygen atoms in total. The maximum absolute atomic E-state index is 6.02. The summed E-state index contributed by atoms with van der Waals surface area (Å²) in [6.07, 6.45) is 1.64. The van der Waals surface area contributed by atoms with Crippen molar-refractivity contribution in [2.75, 3.05) is 5.32 Å². The van der Waals surface area contributed by atoms with Crippen LogP contribution in [0.15, 0.2) is 33.8 Å². The van der Waals surface area contributed by atoms with Crippen LogP contribution in [-0.4, -0.2) is 11.1 Å². The first-order valence-corrected chi connectivity index (χ1v) is 8.18. The van der Waals surface area contributed by atoms with Crippen LogP contribution < -0.4 is 11.1 Å². The molecule has 1 heterocycles. The van der Waals surface area contributed by atoms with Crippen molar-refractivity contribution in [3.8, 4) is 0 Å². The number of nitrogens with one attached hydrogen (secondary N) is 1. The first kappa shape index (κ1) is 20.5. The molecule has 0 atom stereocenters. The van der Waals surface area contributed by atoms with Gasteiger partial charge in [-0.05, 0) is 30.0 Å². The zero-order chi connectivity index (χ0) is 16.8. The molecule has 0 fully saturated rings. The number of benzene rings is 1. The second kappa shape index (κ2) is 9.66. The Morgan fingerprint density at radius 1 is 1.29 bits per heavy atom. The van der Waals surface area contributed by atoms with Gasteiger partial charge in [-0.1, -0.05) is 45.0 Å². The van der Waals surface area contributed by atoms with Crippen LogP contribution in [0.2, 0.25) is 0 Å². The van der Waals surface area contributed by atoms with Crippen molar-refractivity contribution in [1.82, 2.24) is 5.16 Å². The summed E-state index contributed by atoms with van der Waals surface area (Å²) >= 11 is 0. The quantitative estimate of drug-likeness (QED) is 0.393. The Morgan fingerprint density at radius 3 is 2.67 bits per heavy atom. The van der Waals surface area contributed by atoms with Gasteiger partial charge in [-0.25, -0.2) is 4.99 Å². The van der Waals surface area contributed by atoms with Gasteiger partial charge in [0.25, 0.3) is 0 Å². The van der Waals surface area contributed by atoms with Crippen molar-refractivity contribution in [1.29, 1.82) is 0 Å². The monoisotopic (exact) mass is 442 g/mol. The predicted molar refractivity (Wildman–Crippen MR) is 110 cm³/mol. The molecule has 2 aromatic rings. The number of nitrogens with two attached hydrogens (primary N) is 1. The molecule has 0 aliphatic carbocycles. The zero-order valence-corrected chi connectivity index (χ0v) is 17.1. The average Bonchev–Trinajstić information content (AvgIpc) is 2.95. The highest BCUT2D eigenvalue weighted by molar-refractivity contribution is 14.0. The molecule has 0 bridgehead atoms. The topological polar surface area (TPSA) is 76.4 Å². The van der Waals surface area contributed by atoms with E-state index >= 15 is 0 Å². The molecule has 1 aromatic carbocycles. The van der Waals surface area contributed by atoms with E-state index in [0.29, 0.717) is 18.4 Å². The van der Waals surface area contributed by atoms with E-state index in [1.807, 2.05) is 19.1 Å². The lowest BCUT2D eigenvalue weighted by Crippen LogP contribution is -2.22. The minimum absolute atomic E-state index is 0. The second-order valence-corrected chi connectivity index (χ2v) is 5.84. The van der Waals surface area contributed by atoms with Crippen LogP contribution in [0.3, 0.4) is 0 Å². The third kappa shape index (κ3) is 5.22. The number of anilines is 1. The smallest absolute Gasteiger partial charge is 0.193 e. The number of hydrogen-bond donors (Lipinski definition) is 2. The highest BCUT2D eigenvalue weighted by Crippen LogP contribution is 2.19. The van der Waals surface area contributed by atoms with Gasteiger partial charge in [-0.2, -0.15) is 0 Å². The highest BCUT2D eigenvalue weighted by atomic mass is 127. The van der Waals surface area contributed by atoms with Crippen molar-refractivity contribution in [3.63, 3.8) is 0 Å². The standard InChI is InChI=1S/C18H26N4O.HI/c1-5-16-15(17(6-2)23-22-16)11-20-18(19)21-14-9-7-8-13(10-14)12(3)4;/h7-10,12H,5-6,11H2,1-4H3,(H3,19,20,21);1H. The van der Waals surface area contributed by atoms with Crippen LogP contribution in [0.1, 0.15) is 56.2 Å². The van der Waals surface area contributed by atoms with Gasteiger partial charge < -0.3 is 15.6 Å². The Kier molecular flexibility index (Phi) is 8.24. The highest BCUT2D eigenvalue weighted by Gasteiger charge is 2.12. The fraction of sp³-hybridized carbons (Fsp3) is 0.444. The molecule has 1 aromatic heterocycles. The van der Waals surface area contributed by atoms with Crippen molar-refractivity contribution < 1.29 is 4.52 Å². The lowest BCUT2D eigenvalue weighted by Gasteiger charge is -2.10. The Morgan fingerprint density at radius 2 is 2.04 bits per heavy atom. The van der Waals surface area contributed by atoms with Crippen molar-refractivity contribution in [2.24, 2.45) is 10.7 Å². The number of hydrogen-bond acceptors (Lipinski definition) is 3. The van der Waals surface area contributed by atoms with Gasteiger partial charge in [0.2, 0.25) is 0 Å². The summed E-state index contributed by atoms with van der Waals surface area (Å²) in [7, 11) is 0. The summed E-state index contributed by atoms with van der Waals surface area (Å²) in [5.74, 6) is 1.77. The molecule has 0 saturated carbocycles. The molecule has 0 amide bonds. The van der Waals surface area contributed by atoms with Crippen LogP contribution in [0.5, 0.6) is 0 Å². The van der Waals surface area contributed by atoms with Crippen LogP contribution in [0.25, 0.3) is 0 Å². The molecule has 0 aliphatic heterocycles. The van der Waals surface area contributed by atoms with E-state index < -0.39 is 0 Å². The van der Waals surface area contributed by atoms with Crippen LogP contribution >= 0.6 is 24.0 Å². The molecule has 132 valence electrons. The van der Waals surface area contributed by atoms with Gasteiger partial charge in [0.05, 0.1) is 12.2 Å². The molecule has 0 aliphatic rings. The van der Waals surface area contributed by atoms with Gasteiger partial charge in [0, 0.05) is 17.7 Å². The van der Waals surface area contributed by atoms with Gasteiger partial charge in [0.1, 0.15) is 5.76 Å². The van der Waals surface area contributed by atoms with E-state index in [-0.39, 0.29) is 24.0 Å². The minimum Gasteiger partial charge on any atom is -0.370 e. The number of guanidine groups is 1. The van der Waals surface area contributed by atoms with Gasteiger partial charge in [-0.3, -0.25) is 0 Å². The molecule has 0 saturated heterocycles. The number of nitrogens with zero attached hydrogens (tertiary/aromatic N) is 2. The van der Waals surface area contributed by atoms with E-state index in [9.17, 15) is 0 Å². The Labute approximate surface area is 161 Å². The van der Waals surface area contributed by atoms with Gasteiger partial charge >= 0.3 is 0 Å². The SMILES string of the molecule is CCc1noc(CC)c1CN=C(N)Nc1cccc(C(C)C)c1.I. The summed E-state index contributed by atoms with van der Waals surface area (Å²) in [4.78, 5) is 4.44. The lowest BCUT2D eigenvalue weighted by atomic mass is 10.0. The maximum atomic E-state index is 6.02.